The molecule has 4 unspecified atom stereocenters. The number of hydrogen-bond acceptors (Lipinski definition) is 3. The molecule has 0 heterocycles. The SMILES string of the molecule is CC(C)=CCC=C(C)C1CC[C@]2(C)C1[C@H](O)CC1[C@@]3(C)CC[C@H](O)C(C)(C)C3[C@@H](O)C[C@]12C. The van der Waals surface area contributed by atoms with Crippen LogP contribution in [-0.2, 0) is 0 Å². The molecule has 4 saturated carbocycles. The molecule has 0 aliphatic heterocycles. The summed E-state index contributed by atoms with van der Waals surface area (Å²) < 4.78 is 0. The quantitative estimate of drug-likeness (QED) is 0.436. The Labute approximate surface area is 202 Å². The summed E-state index contributed by atoms with van der Waals surface area (Å²) in [6.07, 6.45) is 10.2. The Bertz CT molecular complexity index is 822. The van der Waals surface area contributed by atoms with Crippen molar-refractivity contribution in [1.29, 1.82) is 0 Å². The van der Waals surface area contributed by atoms with Crippen LogP contribution in [0.3, 0.4) is 0 Å². The van der Waals surface area contributed by atoms with Gasteiger partial charge in [0.05, 0.1) is 18.3 Å². The van der Waals surface area contributed by atoms with Crippen molar-refractivity contribution in [1.82, 2.24) is 0 Å². The molecule has 3 nitrogen and oxygen atoms in total. The highest BCUT2D eigenvalue weighted by Gasteiger charge is 2.72. The van der Waals surface area contributed by atoms with Crippen LogP contribution in [0.4, 0.5) is 0 Å². The molecular formula is C30H50O3. The van der Waals surface area contributed by atoms with Gasteiger partial charge in [0.2, 0.25) is 0 Å². The molecule has 0 spiro atoms. The summed E-state index contributed by atoms with van der Waals surface area (Å²) in [6.45, 7) is 18.1. The summed E-state index contributed by atoms with van der Waals surface area (Å²) in [7, 11) is 0. The van der Waals surface area contributed by atoms with Crippen molar-refractivity contribution in [2.45, 2.75) is 119 Å². The summed E-state index contributed by atoms with van der Waals surface area (Å²) in [5, 5.41) is 34.3. The van der Waals surface area contributed by atoms with Crippen molar-refractivity contribution in [3.8, 4) is 0 Å². The number of aliphatic hydroxyl groups excluding tert-OH is 3. The second kappa shape index (κ2) is 8.20. The first kappa shape index (κ1) is 25.5. The Morgan fingerprint density at radius 3 is 2.15 bits per heavy atom. The molecule has 0 amide bonds. The van der Waals surface area contributed by atoms with Crippen molar-refractivity contribution in [3.05, 3.63) is 23.3 Å². The van der Waals surface area contributed by atoms with Crippen molar-refractivity contribution in [2.75, 3.05) is 0 Å². The highest BCUT2D eigenvalue weighted by atomic mass is 16.3. The lowest BCUT2D eigenvalue weighted by Crippen LogP contribution is -2.69. The zero-order valence-electron chi connectivity index (χ0n) is 22.5. The van der Waals surface area contributed by atoms with Gasteiger partial charge in [-0.05, 0) is 111 Å². The Morgan fingerprint density at radius 2 is 1.52 bits per heavy atom. The second-order valence-electron chi connectivity index (χ2n) is 14.0. The molecule has 10 atom stereocenters. The van der Waals surface area contributed by atoms with Crippen molar-refractivity contribution in [2.24, 2.45) is 45.3 Å². The number of allylic oxidation sites excluding steroid dienone is 4. The van der Waals surface area contributed by atoms with Gasteiger partial charge in [0.15, 0.2) is 0 Å². The summed E-state index contributed by atoms with van der Waals surface area (Å²) in [6, 6.07) is 0. The zero-order chi connectivity index (χ0) is 24.6. The number of rotatable bonds is 3. The first-order valence-electron chi connectivity index (χ1n) is 13.5. The molecular weight excluding hydrogens is 408 g/mol. The van der Waals surface area contributed by atoms with Gasteiger partial charge in [-0.15, -0.1) is 0 Å². The maximum Gasteiger partial charge on any atom is 0.0595 e. The summed E-state index contributed by atoms with van der Waals surface area (Å²) in [5.41, 5.74) is 2.43. The molecule has 0 bridgehead atoms. The van der Waals surface area contributed by atoms with Crippen LogP contribution in [0.15, 0.2) is 23.3 Å². The van der Waals surface area contributed by atoms with Crippen LogP contribution in [0.5, 0.6) is 0 Å². The van der Waals surface area contributed by atoms with E-state index < -0.39 is 6.10 Å². The lowest BCUT2D eigenvalue weighted by atomic mass is 9.34. The summed E-state index contributed by atoms with van der Waals surface area (Å²) in [5.74, 6) is 1.13. The van der Waals surface area contributed by atoms with Crippen molar-refractivity contribution < 1.29 is 15.3 Å². The van der Waals surface area contributed by atoms with E-state index in [2.05, 4.69) is 67.5 Å². The summed E-state index contributed by atoms with van der Waals surface area (Å²) in [4.78, 5) is 0. The van der Waals surface area contributed by atoms with E-state index in [9.17, 15) is 15.3 Å². The molecule has 4 rings (SSSR count). The molecule has 0 aromatic rings. The molecule has 3 heteroatoms. The van der Waals surface area contributed by atoms with Crippen LogP contribution in [-0.4, -0.2) is 33.6 Å². The number of aliphatic hydroxyl groups is 3. The third-order valence-corrected chi connectivity index (χ3v) is 11.8. The third kappa shape index (κ3) is 3.54. The molecule has 188 valence electrons. The lowest BCUT2D eigenvalue weighted by molar-refractivity contribution is -0.270. The van der Waals surface area contributed by atoms with Gasteiger partial charge in [-0.25, -0.2) is 0 Å². The first-order chi connectivity index (χ1) is 15.2. The van der Waals surface area contributed by atoms with Crippen LogP contribution < -0.4 is 0 Å². The van der Waals surface area contributed by atoms with E-state index >= 15 is 0 Å². The van der Waals surface area contributed by atoms with E-state index in [-0.39, 0.29) is 45.7 Å². The Kier molecular flexibility index (Phi) is 6.33. The van der Waals surface area contributed by atoms with Gasteiger partial charge >= 0.3 is 0 Å². The van der Waals surface area contributed by atoms with Gasteiger partial charge in [0, 0.05) is 0 Å². The summed E-state index contributed by atoms with van der Waals surface area (Å²) >= 11 is 0. The Balaban J connectivity index is 1.71. The minimum atomic E-state index is -0.401. The van der Waals surface area contributed by atoms with Crippen LogP contribution >= 0.6 is 0 Å². The third-order valence-electron chi connectivity index (χ3n) is 11.8. The van der Waals surface area contributed by atoms with Crippen LogP contribution in [0.2, 0.25) is 0 Å². The maximum atomic E-state index is 11.7. The van der Waals surface area contributed by atoms with E-state index in [4.69, 9.17) is 0 Å². The Morgan fingerprint density at radius 1 is 0.848 bits per heavy atom. The Hall–Kier alpha value is -0.640. The highest BCUT2D eigenvalue weighted by Crippen LogP contribution is 2.75. The average Bonchev–Trinajstić information content (AvgIpc) is 3.07. The molecule has 4 aliphatic carbocycles. The van der Waals surface area contributed by atoms with Gasteiger partial charge in [0.1, 0.15) is 0 Å². The molecule has 0 aromatic carbocycles. The van der Waals surface area contributed by atoms with E-state index in [1.165, 1.54) is 11.1 Å². The van der Waals surface area contributed by atoms with Gasteiger partial charge in [-0.1, -0.05) is 57.9 Å². The maximum absolute atomic E-state index is 11.7. The van der Waals surface area contributed by atoms with E-state index in [1.54, 1.807) is 0 Å². The predicted octanol–water partition coefficient (Wildman–Crippen LogP) is 6.28. The molecule has 4 aliphatic rings. The normalized spacial score (nSPS) is 51.4. The van der Waals surface area contributed by atoms with E-state index in [1.807, 2.05) is 0 Å². The largest absolute Gasteiger partial charge is 0.393 e. The first-order valence-corrected chi connectivity index (χ1v) is 13.5. The zero-order valence-corrected chi connectivity index (χ0v) is 22.5. The molecule has 0 radical (unpaired) electrons. The van der Waals surface area contributed by atoms with Gasteiger partial charge in [-0.2, -0.15) is 0 Å². The second-order valence-corrected chi connectivity index (χ2v) is 14.0. The molecule has 4 fully saturated rings. The average molecular weight is 459 g/mol. The van der Waals surface area contributed by atoms with Gasteiger partial charge in [0.25, 0.3) is 0 Å². The molecule has 0 aromatic heterocycles. The molecule has 33 heavy (non-hydrogen) atoms. The highest BCUT2D eigenvalue weighted by molar-refractivity contribution is 5.24. The number of fused-ring (bicyclic) bond motifs is 5. The van der Waals surface area contributed by atoms with Crippen LogP contribution in [0.1, 0.15) is 100 Å². The monoisotopic (exact) mass is 458 g/mol. The fourth-order valence-electron chi connectivity index (χ4n) is 10.1. The lowest BCUT2D eigenvalue weighted by Gasteiger charge is -2.71. The fraction of sp³-hybridized carbons (Fsp3) is 0.867. The minimum Gasteiger partial charge on any atom is -0.393 e. The molecule has 0 saturated heterocycles. The standard InChI is InChI=1S/C30H50O3/c1-18(2)10-9-11-19(3)20-12-15-29(7)25(20)21(31)16-23-28(6)14-13-24(33)27(4,5)26(28)22(32)17-30(23,29)8/h10-11,20-26,31-33H,9,12-17H2,1-8H3/t20?,21-,22+,23?,24+,25?,26?,28-,29-,30-/m1/s1. The fourth-order valence-corrected chi connectivity index (χ4v) is 10.1. The number of hydrogen-bond donors (Lipinski definition) is 3. The van der Waals surface area contributed by atoms with E-state index in [0.29, 0.717) is 11.8 Å². The van der Waals surface area contributed by atoms with Crippen molar-refractivity contribution in [3.63, 3.8) is 0 Å². The minimum absolute atomic E-state index is 0.00508. The van der Waals surface area contributed by atoms with Crippen molar-refractivity contribution >= 4 is 0 Å². The van der Waals surface area contributed by atoms with Gasteiger partial charge < -0.3 is 15.3 Å². The predicted molar refractivity (Wildman–Crippen MR) is 136 cm³/mol. The van der Waals surface area contributed by atoms with Crippen LogP contribution in [0, 0.1) is 45.3 Å². The van der Waals surface area contributed by atoms with Crippen LogP contribution in [0.25, 0.3) is 0 Å². The smallest absolute Gasteiger partial charge is 0.0595 e. The molecule has 3 N–H and O–H groups in total. The topological polar surface area (TPSA) is 60.7 Å². The van der Waals surface area contributed by atoms with E-state index in [0.717, 1.165) is 44.9 Å². The van der Waals surface area contributed by atoms with Gasteiger partial charge in [-0.3, -0.25) is 0 Å².